The van der Waals surface area contributed by atoms with Crippen LogP contribution in [0.1, 0.15) is 20.8 Å². The number of aromatic nitrogens is 1. The van der Waals surface area contributed by atoms with Gasteiger partial charge < -0.3 is 15.7 Å². The zero-order chi connectivity index (χ0) is 13.8. The monoisotopic (exact) mass is 363 g/mol. The SMILES string of the molecule is CC(C)(C)[C@@H](CO)NC(=O)Nc1ccncc1I. The molecule has 1 aromatic heterocycles. The fraction of sp³-hybridized carbons (Fsp3) is 0.500. The summed E-state index contributed by atoms with van der Waals surface area (Å²) in [6.07, 6.45) is 3.29. The number of carbonyl (C=O) groups excluding carboxylic acids is 1. The van der Waals surface area contributed by atoms with Crippen molar-refractivity contribution in [2.24, 2.45) is 5.41 Å². The Balaban J connectivity index is 2.65. The highest BCUT2D eigenvalue weighted by atomic mass is 127. The van der Waals surface area contributed by atoms with E-state index < -0.39 is 0 Å². The molecular weight excluding hydrogens is 345 g/mol. The normalized spacial score (nSPS) is 12.9. The highest BCUT2D eigenvalue weighted by molar-refractivity contribution is 14.1. The first-order chi connectivity index (χ1) is 8.34. The highest BCUT2D eigenvalue weighted by Gasteiger charge is 2.25. The summed E-state index contributed by atoms with van der Waals surface area (Å²) in [6.45, 7) is 5.80. The van der Waals surface area contributed by atoms with Crippen molar-refractivity contribution in [1.29, 1.82) is 0 Å². The molecule has 0 aliphatic heterocycles. The number of aliphatic hydroxyl groups excluding tert-OH is 1. The standard InChI is InChI=1S/C12H18IN3O2/c1-12(2,3)10(7-17)16-11(18)15-9-4-5-14-6-8(9)13/h4-6,10,17H,7H2,1-3H3,(H2,14,15,16,18)/t10-/m1/s1. The van der Waals surface area contributed by atoms with E-state index in [0.29, 0.717) is 5.69 Å². The van der Waals surface area contributed by atoms with Gasteiger partial charge in [0.25, 0.3) is 0 Å². The predicted octanol–water partition coefficient (Wildman–Crippen LogP) is 2.21. The minimum atomic E-state index is -0.326. The number of anilines is 1. The van der Waals surface area contributed by atoms with Gasteiger partial charge in [0.15, 0.2) is 0 Å². The molecule has 0 aliphatic rings. The fourth-order valence-corrected chi connectivity index (χ4v) is 1.80. The molecule has 1 atom stereocenters. The Morgan fingerprint density at radius 2 is 2.22 bits per heavy atom. The lowest BCUT2D eigenvalue weighted by atomic mass is 9.87. The number of carbonyl (C=O) groups is 1. The van der Waals surface area contributed by atoms with E-state index in [0.717, 1.165) is 3.57 Å². The zero-order valence-electron chi connectivity index (χ0n) is 10.7. The Hall–Kier alpha value is -0.890. The van der Waals surface area contributed by atoms with Crippen LogP contribution in [-0.2, 0) is 0 Å². The van der Waals surface area contributed by atoms with Crippen molar-refractivity contribution in [3.63, 3.8) is 0 Å². The lowest BCUT2D eigenvalue weighted by Crippen LogP contribution is -2.47. The van der Waals surface area contributed by atoms with Gasteiger partial charge in [-0.3, -0.25) is 4.98 Å². The molecule has 100 valence electrons. The van der Waals surface area contributed by atoms with Crippen LogP contribution in [0.5, 0.6) is 0 Å². The first kappa shape index (κ1) is 15.2. The van der Waals surface area contributed by atoms with Crippen molar-refractivity contribution in [1.82, 2.24) is 10.3 Å². The molecule has 3 N–H and O–H groups in total. The Kier molecular flexibility index (Phi) is 5.33. The third-order valence-electron chi connectivity index (χ3n) is 2.55. The second-order valence-electron chi connectivity index (χ2n) is 5.06. The van der Waals surface area contributed by atoms with Gasteiger partial charge in [0.05, 0.1) is 21.9 Å². The van der Waals surface area contributed by atoms with E-state index in [-0.39, 0.29) is 24.1 Å². The van der Waals surface area contributed by atoms with Gasteiger partial charge in [-0.15, -0.1) is 0 Å². The van der Waals surface area contributed by atoms with Crippen LogP contribution in [0.15, 0.2) is 18.5 Å². The summed E-state index contributed by atoms with van der Waals surface area (Å²) in [5, 5.41) is 14.8. The minimum absolute atomic E-state index is 0.0929. The second-order valence-corrected chi connectivity index (χ2v) is 6.22. The lowest BCUT2D eigenvalue weighted by Gasteiger charge is -2.29. The van der Waals surface area contributed by atoms with Gasteiger partial charge in [-0.2, -0.15) is 0 Å². The number of amides is 2. The number of aliphatic hydroxyl groups is 1. The average molecular weight is 363 g/mol. The largest absolute Gasteiger partial charge is 0.394 e. The summed E-state index contributed by atoms with van der Waals surface area (Å²) in [6, 6.07) is 1.11. The second kappa shape index (κ2) is 6.33. The van der Waals surface area contributed by atoms with Gasteiger partial charge in [-0.05, 0) is 34.1 Å². The maximum atomic E-state index is 11.8. The molecule has 0 bridgehead atoms. The maximum absolute atomic E-state index is 11.8. The summed E-state index contributed by atoms with van der Waals surface area (Å²) in [7, 11) is 0. The van der Waals surface area contributed by atoms with Crippen molar-refractivity contribution in [3.8, 4) is 0 Å². The zero-order valence-corrected chi connectivity index (χ0v) is 12.9. The van der Waals surface area contributed by atoms with E-state index >= 15 is 0 Å². The van der Waals surface area contributed by atoms with Crippen LogP contribution in [0.2, 0.25) is 0 Å². The molecule has 0 unspecified atom stereocenters. The molecule has 1 rings (SSSR count). The Morgan fingerprint density at radius 1 is 1.56 bits per heavy atom. The molecule has 0 saturated carbocycles. The summed E-state index contributed by atoms with van der Waals surface area (Å²) in [5.41, 5.74) is 0.506. The minimum Gasteiger partial charge on any atom is -0.394 e. The van der Waals surface area contributed by atoms with Gasteiger partial charge in [-0.1, -0.05) is 20.8 Å². The van der Waals surface area contributed by atoms with Gasteiger partial charge >= 0.3 is 6.03 Å². The third kappa shape index (κ3) is 4.41. The number of hydrogen-bond acceptors (Lipinski definition) is 3. The summed E-state index contributed by atoms with van der Waals surface area (Å²) < 4.78 is 0.863. The number of urea groups is 1. The molecule has 1 aromatic rings. The van der Waals surface area contributed by atoms with E-state index in [1.165, 1.54) is 0 Å². The average Bonchev–Trinajstić information content (AvgIpc) is 2.27. The first-order valence-corrected chi connectivity index (χ1v) is 6.70. The van der Waals surface area contributed by atoms with Crippen LogP contribution >= 0.6 is 22.6 Å². The smallest absolute Gasteiger partial charge is 0.319 e. The van der Waals surface area contributed by atoms with Crippen molar-refractivity contribution >= 4 is 34.3 Å². The number of nitrogens with one attached hydrogen (secondary N) is 2. The molecule has 6 heteroatoms. The molecule has 1 heterocycles. The van der Waals surface area contributed by atoms with E-state index in [2.05, 4.69) is 38.2 Å². The Bertz CT molecular complexity index is 418. The van der Waals surface area contributed by atoms with Crippen LogP contribution in [0.25, 0.3) is 0 Å². The van der Waals surface area contributed by atoms with Gasteiger partial charge in [0, 0.05) is 12.4 Å². The van der Waals surface area contributed by atoms with Crippen LogP contribution < -0.4 is 10.6 Å². The van der Waals surface area contributed by atoms with Crippen LogP contribution in [0.3, 0.4) is 0 Å². The van der Waals surface area contributed by atoms with Crippen molar-refractivity contribution in [2.75, 3.05) is 11.9 Å². The topological polar surface area (TPSA) is 74.2 Å². The van der Waals surface area contributed by atoms with Gasteiger partial charge in [-0.25, -0.2) is 4.79 Å². The number of halogens is 1. The molecule has 0 saturated heterocycles. The summed E-state index contributed by atoms with van der Waals surface area (Å²) in [4.78, 5) is 15.8. The molecule has 0 aliphatic carbocycles. The summed E-state index contributed by atoms with van der Waals surface area (Å²) >= 11 is 2.10. The van der Waals surface area contributed by atoms with Crippen LogP contribution in [0.4, 0.5) is 10.5 Å². The predicted molar refractivity (Wildman–Crippen MR) is 79.4 cm³/mol. The number of pyridine rings is 1. The lowest BCUT2D eigenvalue weighted by molar-refractivity contribution is 0.162. The van der Waals surface area contributed by atoms with Gasteiger partial charge in [0.1, 0.15) is 0 Å². The molecule has 0 spiro atoms. The molecule has 0 aromatic carbocycles. The third-order valence-corrected chi connectivity index (χ3v) is 3.41. The van der Waals surface area contributed by atoms with E-state index in [4.69, 9.17) is 0 Å². The molecular formula is C12H18IN3O2. The van der Waals surface area contributed by atoms with Gasteiger partial charge in [0.2, 0.25) is 0 Å². The fourth-order valence-electron chi connectivity index (χ4n) is 1.33. The van der Waals surface area contributed by atoms with E-state index in [9.17, 15) is 9.90 Å². The maximum Gasteiger partial charge on any atom is 0.319 e. The Morgan fingerprint density at radius 3 is 2.72 bits per heavy atom. The Labute approximate surface area is 121 Å². The van der Waals surface area contributed by atoms with Crippen LogP contribution in [0, 0.1) is 8.99 Å². The number of hydrogen-bond donors (Lipinski definition) is 3. The molecule has 18 heavy (non-hydrogen) atoms. The molecule has 0 fully saturated rings. The highest BCUT2D eigenvalue weighted by Crippen LogP contribution is 2.19. The van der Waals surface area contributed by atoms with Crippen molar-refractivity contribution < 1.29 is 9.90 Å². The van der Waals surface area contributed by atoms with Crippen molar-refractivity contribution in [2.45, 2.75) is 26.8 Å². The number of nitrogens with zero attached hydrogens (tertiary/aromatic N) is 1. The van der Waals surface area contributed by atoms with Crippen LogP contribution in [-0.4, -0.2) is 28.8 Å². The molecule has 0 radical (unpaired) electrons. The quantitative estimate of drug-likeness (QED) is 0.721. The van der Waals surface area contributed by atoms with E-state index in [1.807, 2.05) is 20.8 Å². The first-order valence-electron chi connectivity index (χ1n) is 5.62. The van der Waals surface area contributed by atoms with E-state index in [1.54, 1.807) is 18.5 Å². The number of rotatable bonds is 3. The van der Waals surface area contributed by atoms with Crippen molar-refractivity contribution in [3.05, 3.63) is 22.0 Å². The molecule has 2 amide bonds. The summed E-state index contributed by atoms with van der Waals surface area (Å²) in [5.74, 6) is 0. The molecule has 5 nitrogen and oxygen atoms in total.